The summed E-state index contributed by atoms with van der Waals surface area (Å²) < 4.78 is 1.12. The van der Waals surface area contributed by atoms with E-state index in [1.165, 1.54) is 0 Å². The number of hydrogen-bond donors (Lipinski definition) is 1. The van der Waals surface area contributed by atoms with Crippen LogP contribution in [0.2, 0.25) is 0 Å². The average Bonchev–Trinajstić information content (AvgIpc) is 2.90. The van der Waals surface area contributed by atoms with Crippen molar-refractivity contribution >= 4 is 38.7 Å². The highest BCUT2D eigenvalue weighted by molar-refractivity contribution is 7.17. The maximum Gasteiger partial charge on any atom is 0.259 e. The summed E-state index contributed by atoms with van der Waals surface area (Å²) in [5.41, 5.74) is 7.98. The van der Waals surface area contributed by atoms with Crippen molar-refractivity contribution in [2.24, 2.45) is 0 Å². The summed E-state index contributed by atoms with van der Waals surface area (Å²) >= 11 is 1.58. The van der Waals surface area contributed by atoms with Crippen LogP contribution in [-0.2, 0) is 0 Å². The number of fused-ring (bicyclic) bond motifs is 1. The van der Waals surface area contributed by atoms with E-state index in [-0.39, 0.29) is 5.91 Å². The molecule has 3 rings (SSSR count). The van der Waals surface area contributed by atoms with Gasteiger partial charge in [-0.3, -0.25) is 4.79 Å². The quantitative estimate of drug-likeness (QED) is 0.727. The van der Waals surface area contributed by atoms with Gasteiger partial charge in [-0.15, -0.1) is 11.3 Å². The number of rotatable bonds is 2. The third kappa shape index (κ3) is 2.04. The van der Waals surface area contributed by atoms with Gasteiger partial charge in [0, 0.05) is 22.5 Å². The molecule has 3 aromatic rings. The van der Waals surface area contributed by atoms with Crippen LogP contribution in [0.3, 0.4) is 0 Å². The average molecular weight is 282 g/mol. The minimum Gasteiger partial charge on any atom is -0.397 e. The summed E-state index contributed by atoms with van der Waals surface area (Å²) in [5.74, 6) is -0.0413. The van der Waals surface area contributed by atoms with Gasteiger partial charge in [0.25, 0.3) is 5.91 Å². The molecule has 0 atom stereocenters. The fraction of sp³-hybridized carbons (Fsp3) is 0.0625. The molecule has 100 valence electrons. The van der Waals surface area contributed by atoms with Crippen molar-refractivity contribution in [2.75, 3.05) is 17.7 Å². The van der Waals surface area contributed by atoms with Crippen LogP contribution < -0.4 is 10.6 Å². The molecular weight excluding hydrogens is 268 g/mol. The maximum atomic E-state index is 12.6. The molecular formula is C16H14N2OS. The molecule has 0 saturated carbocycles. The number of para-hydroxylation sites is 2. The molecule has 1 amide bonds. The zero-order valence-corrected chi connectivity index (χ0v) is 11.9. The largest absolute Gasteiger partial charge is 0.397 e. The smallest absolute Gasteiger partial charge is 0.259 e. The molecule has 4 heteroatoms. The molecule has 0 fully saturated rings. The van der Waals surface area contributed by atoms with Crippen LogP contribution in [-0.4, -0.2) is 13.0 Å². The van der Waals surface area contributed by atoms with Crippen LogP contribution in [0, 0.1) is 0 Å². The number of hydrogen-bond acceptors (Lipinski definition) is 3. The van der Waals surface area contributed by atoms with Gasteiger partial charge < -0.3 is 10.6 Å². The predicted octanol–water partition coefficient (Wildman–Crippen LogP) is 3.76. The third-order valence-corrected chi connectivity index (χ3v) is 4.28. The SMILES string of the molecule is CN(C(=O)c1csc2ccccc12)c1ccccc1N. The molecule has 2 N–H and O–H groups in total. The number of anilines is 2. The van der Waals surface area contributed by atoms with E-state index in [4.69, 9.17) is 5.73 Å². The van der Waals surface area contributed by atoms with Gasteiger partial charge in [-0.2, -0.15) is 0 Å². The molecule has 2 aromatic carbocycles. The molecule has 0 aliphatic carbocycles. The van der Waals surface area contributed by atoms with Gasteiger partial charge in [-0.05, 0) is 18.2 Å². The van der Waals surface area contributed by atoms with Crippen LogP contribution in [0.1, 0.15) is 10.4 Å². The number of nitrogens with zero attached hydrogens (tertiary/aromatic N) is 1. The number of carbonyl (C=O) groups excluding carboxylic acids is 1. The number of nitrogens with two attached hydrogens (primary N) is 1. The normalized spacial score (nSPS) is 10.7. The maximum absolute atomic E-state index is 12.6. The standard InChI is InChI=1S/C16H14N2OS/c1-18(14-8-4-3-7-13(14)17)16(19)12-10-20-15-9-5-2-6-11(12)15/h2-10H,17H2,1H3. The lowest BCUT2D eigenvalue weighted by atomic mass is 10.1. The fourth-order valence-corrected chi connectivity index (χ4v) is 3.16. The lowest BCUT2D eigenvalue weighted by Gasteiger charge is -2.18. The minimum atomic E-state index is -0.0413. The number of nitrogen functional groups attached to an aromatic ring is 1. The second kappa shape index (κ2) is 4.98. The van der Waals surface area contributed by atoms with Crippen LogP contribution in [0.15, 0.2) is 53.9 Å². The van der Waals surface area contributed by atoms with Crippen molar-refractivity contribution in [1.82, 2.24) is 0 Å². The molecule has 0 bridgehead atoms. The Morgan fingerprint density at radius 3 is 2.60 bits per heavy atom. The summed E-state index contributed by atoms with van der Waals surface area (Å²) in [6, 6.07) is 15.3. The van der Waals surface area contributed by atoms with Crippen LogP contribution in [0.4, 0.5) is 11.4 Å². The van der Waals surface area contributed by atoms with Gasteiger partial charge in [0.1, 0.15) is 0 Å². The second-order valence-corrected chi connectivity index (χ2v) is 5.48. The van der Waals surface area contributed by atoms with Crippen molar-refractivity contribution < 1.29 is 4.79 Å². The first kappa shape index (κ1) is 12.7. The lowest BCUT2D eigenvalue weighted by molar-refractivity contribution is 0.0995. The van der Waals surface area contributed by atoms with E-state index >= 15 is 0 Å². The topological polar surface area (TPSA) is 46.3 Å². The summed E-state index contributed by atoms with van der Waals surface area (Å²) in [5, 5.41) is 2.90. The van der Waals surface area contributed by atoms with E-state index in [1.807, 2.05) is 47.8 Å². The lowest BCUT2D eigenvalue weighted by Crippen LogP contribution is -2.26. The minimum absolute atomic E-state index is 0.0413. The van der Waals surface area contributed by atoms with Crippen LogP contribution >= 0.6 is 11.3 Å². The summed E-state index contributed by atoms with van der Waals surface area (Å²) in [4.78, 5) is 14.3. The van der Waals surface area contributed by atoms with Gasteiger partial charge in [0.05, 0.1) is 16.9 Å². The second-order valence-electron chi connectivity index (χ2n) is 4.57. The summed E-state index contributed by atoms with van der Waals surface area (Å²) in [6.07, 6.45) is 0. The molecule has 20 heavy (non-hydrogen) atoms. The molecule has 1 heterocycles. The van der Waals surface area contributed by atoms with E-state index < -0.39 is 0 Å². The number of thiophene rings is 1. The Morgan fingerprint density at radius 1 is 1.10 bits per heavy atom. The van der Waals surface area contributed by atoms with Crippen molar-refractivity contribution in [3.8, 4) is 0 Å². The Balaban J connectivity index is 2.03. The Morgan fingerprint density at radius 2 is 1.80 bits per heavy atom. The molecule has 0 aliphatic heterocycles. The zero-order valence-electron chi connectivity index (χ0n) is 11.0. The summed E-state index contributed by atoms with van der Waals surface area (Å²) in [6.45, 7) is 0. The fourth-order valence-electron chi connectivity index (χ4n) is 2.23. The van der Waals surface area contributed by atoms with Gasteiger partial charge in [-0.1, -0.05) is 30.3 Å². The van der Waals surface area contributed by atoms with Crippen molar-refractivity contribution in [3.05, 3.63) is 59.5 Å². The Kier molecular flexibility index (Phi) is 3.16. The Bertz CT molecular complexity index is 779. The van der Waals surface area contributed by atoms with E-state index in [2.05, 4.69) is 0 Å². The molecule has 0 aliphatic rings. The van der Waals surface area contributed by atoms with Crippen molar-refractivity contribution in [2.45, 2.75) is 0 Å². The van der Waals surface area contributed by atoms with E-state index in [0.29, 0.717) is 5.69 Å². The number of amides is 1. The first-order chi connectivity index (χ1) is 9.68. The zero-order chi connectivity index (χ0) is 14.1. The van der Waals surface area contributed by atoms with Crippen molar-refractivity contribution in [1.29, 1.82) is 0 Å². The highest BCUT2D eigenvalue weighted by atomic mass is 32.1. The monoisotopic (exact) mass is 282 g/mol. The van der Waals surface area contributed by atoms with Crippen LogP contribution in [0.5, 0.6) is 0 Å². The Hall–Kier alpha value is -2.33. The molecule has 0 radical (unpaired) electrons. The van der Waals surface area contributed by atoms with Crippen LogP contribution in [0.25, 0.3) is 10.1 Å². The molecule has 1 aromatic heterocycles. The van der Waals surface area contributed by atoms with Crippen molar-refractivity contribution in [3.63, 3.8) is 0 Å². The highest BCUT2D eigenvalue weighted by Gasteiger charge is 2.18. The van der Waals surface area contributed by atoms with E-state index in [0.717, 1.165) is 21.3 Å². The van der Waals surface area contributed by atoms with Gasteiger partial charge >= 0.3 is 0 Å². The predicted molar refractivity (Wildman–Crippen MR) is 85.4 cm³/mol. The molecule has 0 saturated heterocycles. The number of carbonyl (C=O) groups is 1. The molecule has 0 unspecified atom stereocenters. The van der Waals surface area contributed by atoms with Gasteiger partial charge in [0.2, 0.25) is 0 Å². The van der Waals surface area contributed by atoms with Gasteiger partial charge in [0.15, 0.2) is 0 Å². The Labute approximate surface area is 121 Å². The first-order valence-electron chi connectivity index (χ1n) is 6.27. The van der Waals surface area contributed by atoms with Gasteiger partial charge in [-0.25, -0.2) is 0 Å². The molecule has 3 nitrogen and oxygen atoms in total. The number of benzene rings is 2. The summed E-state index contributed by atoms with van der Waals surface area (Å²) in [7, 11) is 1.75. The third-order valence-electron chi connectivity index (χ3n) is 3.31. The van der Waals surface area contributed by atoms with E-state index in [1.54, 1.807) is 29.4 Å². The first-order valence-corrected chi connectivity index (χ1v) is 7.15. The highest BCUT2D eigenvalue weighted by Crippen LogP contribution is 2.29. The van der Waals surface area contributed by atoms with E-state index in [9.17, 15) is 4.79 Å². The molecule has 0 spiro atoms.